The van der Waals surface area contributed by atoms with Gasteiger partial charge in [-0.2, -0.15) is 0 Å². The number of ether oxygens (including phenoxy) is 1. The summed E-state index contributed by atoms with van der Waals surface area (Å²) < 4.78 is 5.27. The molecule has 3 amide bonds. The van der Waals surface area contributed by atoms with Crippen molar-refractivity contribution >= 4 is 17.9 Å². The minimum Gasteiger partial charge on any atom is -0.452 e. The largest absolute Gasteiger partial charge is 0.452 e. The summed E-state index contributed by atoms with van der Waals surface area (Å²) in [6.07, 6.45) is 2.97. The number of hydrogen-bond acceptors (Lipinski definition) is 4. The van der Waals surface area contributed by atoms with Crippen molar-refractivity contribution in [1.29, 1.82) is 0 Å². The van der Waals surface area contributed by atoms with E-state index in [1.54, 1.807) is 13.8 Å². The van der Waals surface area contributed by atoms with E-state index >= 15 is 0 Å². The normalized spacial score (nSPS) is 16.1. The third-order valence-electron chi connectivity index (χ3n) is 4.59. The SMILES string of the molecule is C[C@H](OC(=O)C(C)(C)c1ccccc1)C(=O)NC(=O)NC1CCCC1. The van der Waals surface area contributed by atoms with E-state index in [2.05, 4.69) is 10.6 Å². The minimum absolute atomic E-state index is 0.114. The minimum atomic E-state index is -1.05. The van der Waals surface area contributed by atoms with Gasteiger partial charge in [-0.25, -0.2) is 4.79 Å². The first-order valence-corrected chi connectivity index (χ1v) is 8.68. The molecular formula is C19H26N2O4. The Kier molecular flexibility index (Phi) is 6.17. The molecule has 136 valence electrons. The number of urea groups is 1. The molecule has 0 heterocycles. The van der Waals surface area contributed by atoms with Gasteiger partial charge in [-0.1, -0.05) is 43.2 Å². The predicted octanol–water partition coefficient (Wildman–Crippen LogP) is 2.66. The Morgan fingerprint density at radius 3 is 2.32 bits per heavy atom. The average molecular weight is 346 g/mol. The van der Waals surface area contributed by atoms with E-state index in [1.807, 2.05) is 30.3 Å². The molecule has 6 heteroatoms. The Balaban J connectivity index is 1.87. The lowest BCUT2D eigenvalue weighted by Crippen LogP contribution is -2.48. The number of amides is 3. The van der Waals surface area contributed by atoms with E-state index in [0.717, 1.165) is 31.2 Å². The Morgan fingerprint density at radius 1 is 1.12 bits per heavy atom. The van der Waals surface area contributed by atoms with Crippen LogP contribution in [0.25, 0.3) is 0 Å². The Hall–Kier alpha value is -2.37. The summed E-state index contributed by atoms with van der Waals surface area (Å²) in [4.78, 5) is 36.4. The molecule has 1 aliphatic rings. The summed E-state index contributed by atoms with van der Waals surface area (Å²) in [6.45, 7) is 4.93. The third kappa shape index (κ3) is 5.05. The van der Waals surface area contributed by atoms with Crippen molar-refractivity contribution in [3.8, 4) is 0 Å². The standard InChI is InChI=1S/C19H26N2O4/c1-13(16(22)21-18(24)20-15-11-7-8-12-15)25-17(23)19(2,3)14-9-5-4-6-10-14/h4-6,9-10,13,15H,7-8,11-12H2,1-3H3,(H2,20,21,22,24)/t13-/m0/s1. The number of hydrogen-bond donors (Lipinski definition) is 2. The molecule has 2 N–H and O–H groups in total. The molecule has 6 nitrogen and oxygen atoms in total. The molecule has 1 fully saturated rings. The molecule has 0 aliphatic heterocycles. The predicted molar refractivity (Wildman–Crippen MR) is 94.0 cm³/mol. The van der Waals surface area contributed by atoms with Crippen molar-refractivity contribution in [2.45, 2.75) is 64.0 Å². The van der Waals surface area contributed by atoms with Crippen molar-refractivity contribution in [3.63, 3.8) is 0 Å². The summed E-state index contributed by atoms with van der Waals surface area (Å²) in [5.41, 5.74) is -0.0892. The molecule has 25 heavy (non-hydrogen) atoms. The zero-order valence-electron chi connectivity index (χ0n) is 15.0. The molecule has 1 aromatic carbocycles. The molecule has 1 aromatic rings. The summed E-state index contributed by atoms with van der Waals surface area (Å²) in [7, 11) is 0. The van der Waals surface area contributed by atoms with Gasteiger partial charge in [0, 0.05) is 6.04 Å². The van der Waals surface area contributed by atoms with Gasteiger partial charge in [-0.15, -0.1) is 0 Å². The topological polar surface area (TPSA) is 84.5 Å². The van der Waals surface area contributed by atoms with E-state index < -0.39 is 29.4 Å². The van der Waals surface area contributed by atoms with Crippen molar-refractivity contribution in [2.24, 2.45) is 0 Å². The highest BCUT2D eigenvalue weighted by molar-refractivity contribution is 5.97. The molecule has 0 aromatic heterocycles. The van der Waals surface area contributed by atoms with Crippen molar-refractivity contribution in [1.82, 2.24) is 10.6 Å². The third-order valence-corrected chi connectivity index (χ3v) is 4.59. The van der Waals surface area contributed by atoms with Crippen molar-refractivity contribution < 1.29 is 19.1 Å². The number of nitrogens with one attached hydrogen (secondary N) is 2. The van der Waals surface area contributed by atoms with Crippen LogP contribution in [-0.2, 0) is 19.7 Å². The van der Waals surface area contributed by atoms with Gasteiger partial charge in [0.25, 0.3) is 5.91 Å². The average Bonchev–Trinajstić information content (AvgIpc) is 3.08. The lowest BCUT2D eigenvalue weighted by Gasteiger charge is -2.25. The van der Waals surface area contributed by atoms with Gasteiger partial charge >= 0.3 is 12.0 Å². The Labute approximate surface area is 148 Å². The maximum atomic E-state index is 12.4. The van der Waals surface area contributed by atoms with Gasteiger partial charge in [0.15, 0.2) is 6.10 Å². The van der Waals surface area contributed by atoms with Gasteiger partial charge < -0.3 is 10.1 Å². The van der Waals surface area contributed by atoms with Crippen LogP contribution < -0.4 is 10.6 Å². The van der Waals surface area contributed by atoms with E-state index in [1.165, 1.54) is 6.92 Å². The number of imide groups is 1. The number of carbonyl (C=O) groups excluding carboxylic acids is 3. The van der Waals surface area contributed by atoms with Crippen LogP contribution in [0.3, 0.4) is 0 Å². The molecule has 1 aliphatic carbocycles. The number of rotatable bonds is 5. The molecule has 2 rings (SSSR count). The molecule has 0 radical (unpaired) electrons. The highest BCUT2D eigenvalue weighted by Gasteiger charge is 2.34. The first-order chi connectivity index (χ1) is 11.8. The fourth-order valence-corrected chi connectivity index (χ4v) is 2.84. The second-order valence-electron chi connectivity index (χ2n) is 6.98. The van der Waals surface area contributed by atoms with E-state index in [4.69, 9.17) is 4.74 Å². The molecule has 0 bridgehead atoms. The number of esters is 1. The summed E-state index contributed by atoms with van der Waals surface area (Å²) in [5, 5.41) is 5.00. The van der Waals surface area contributed by atoms with E-state index in [0.29, 0.717) is 0 Å². The Bertz CT molecular complexity index is 622. The maximum absolute atomic E-state index is 12.4. The highest BCUT2D eigenvalue weighted by Crippen LogP contribution is 2.25. The smallest absolute Gasteiger partial charge is 0.321 e. The second kappa shape index (κ2) is 8.14. The van der Waals surface area contributed by atoms with Crippen LogP contribution in [0.5, 0.6) is 0 Å². The van der Waals surface area contributed by atoms with Crippen LogP contribution >= 0.6 is 0 Å². The van der Waals surface area contributed by atoms with Crippen LogP contribution in [0.2, 0.25) is 0 Å². The van der Waals surface area contributed by atoms with Crippen molar-refractivity contribution in [3.05, 3.63) is 35.9 Å². The second-order valence-corrected chi connectivity index (χ2v) is 6.98. The molecule has 1 saturated carbocycles. The van der Waals surface area contributed by atoms with Crippen LogP contribution in [0.1, 0.15) is 52.0 Å². The molecular weight excluding hydrogens is 320 g/mol. The van der Waals surface area contributed by atoms with Gasteiger partial charge in [0.2, 0.25) is 0 Å². The van der Waals surface area contributed by atoms with Gasteiger partial charge in [0.05, 0.1) is 5.41 Å². The lowest BCUT2D eigenvalue weighted by molar-refractivity contribution is -0.159. The van der Waals surface area contributed by atoms with Crippen molar-refractivity contribution in [2.75, 3.05) is 0 Å². The number of carbonyl (C=O) groups is 3. The molecule has 0 saturated heterocycles. The fraction of sp³-hybridized carbons (Fsp3) is 0.526. The van der Waals surface area contributed by atoms with Crippen LogP contribution in [0.15, 0.2) is 30.3 Å². The monoisotopic (exact) mass is 346 g/mol. The first-order valence-electron chi connectivity index (χ1n) is 8.68. The zero-order chi connectivity index (χ0) is 18.4. The molecule has 0 spiro atoms. The van der Waals surface area contributed by atoms with Gasteiger partial charge in [-0.3, -0.25) is 14.9 Å². The summed E-state index contributed by atoms with van der Waals surface area (Å²) >= 11 is 0. The van der Waals surface area contributed by atoms with Crippen LogP contribution in [0, 0.1) is 0 Å². The molecule has 0 unspecified atom stereocenters. The zero-order valence-corrected chi connectivity index (χ0v) is 15.0. The lowest BCUT2D eigenvalue weighted by atomic mass is 9.85. The van der Waals surface area contributed by atoms with E-state index in [-0.39, 0.29) is 6.04 Å². The van der Waals surface area contributed by atoms with Gasteiger partial charge in [0.1, 0.15) is 0 Å². The number of benzene rings is 1. The Morgan fingerprint density at radius 2 is 1.72 bits per heavy atom. The van der Waals surface area contributed by atoms with Gasteiger partial charge in [-0.05, 0) is 39.2 Å². The van der Waals surface area contributed by atoms with E-state index in [9.17, 15) is 14.4 Å². The maximum Gasteiger partial charge on any atom is 0.321 e. The summed E-state index contributed by atoms with van der Waals surface area (Å²) in [6, 6.07) is 8.79. The highest BCUT2D eigenvalue weighted by atomic mass is 16.5. The summed E-state index contributed by atoms with van der Waals surface area (Å²) in [5.74, 6) is -1.15. The fourth-order valence-electron chi connectivity index (χ4n) is 2.84. The van der Waals surface area contributed by atoms with Crippen LogP contribution in [0.4, 0.5) is 4.79 Å². The molecule has 1 atom stereocenters. The van der Waals surface area contributed by atoms with Crippen LogP contribution in [-0.4, -0.2) is 30.1 Å². The first kappa shape index (κ1) is 19.0. The quantitative estimate of drug-likeness (QED) is 0.803.